The summed E-state index contributed by atoms with van der Waals surface area (Å²) in [5.74, 6) is 1.86. The van der Waals surface area contributed by atoms with E-state index in [1.807, 2.05) is 6.20 Å². The van der Waals surface area contributed by atoms with Crippen LogP contribution in [0.3, 0.4) is 0 Å². The lowest BCUT2D eigenvalue weighted by molar-refractivity contribution is 0.0135. The average Bonchev–Trinajstić information content (AvgIpc) is 2.79. The first kappa shape index (κ1) is 11.6. The van der Waals surface area contributed by atoms with Gasteiger partial charge in [0.15, 0.2) is 0 Å². The Hall–Kier alpha value is -0.870. The second kappa shape index (κ2) is 4.97. The molecule has 4 nitrogen and oxygen atoms in total. The van der Waals surface area contributed by atoms with Crippen molar-refractivity contribution in [1.29, 1.82) is 0 Å². The van der Waals surface area contributed by atoms with Crippen LogP contribution in [0.15, 0.2) is 12.5 Å². The van der Waals surface area contributed by atoms with E-state index in [0.717, 1.165) is 6.42 Å². The zero-order chi connectivity index (χ0) is 11.5. The Kier molecular flexibility index (Phi) is 3.61. The molecule has 2 N–H and O–H groups in total. The molecule has 4 heteroatoms. The number of imidazole rings is 1. The van der Waals surface area contributed by atoms with Crippen LogP contribution in [0.2, 0.25) is 0 Å². The molecular formula is C12H21N3O. The Morgan fingerprint density at radius 1 is 1.38 bits per heavy atom. The standard InChI is InChI=1S/C12H21N3O/c1-8-9(2)11(15-16-3)5-4-10(8)12-6-13-7-14-12/h6-11,15H,4-5H2,1-3H3,(H,13,14). The Bertz CT molecular complexity index is 312. The zero-order valence-electron chi connectivity index (χ0n) is 10.2. The highest BCUT2D eigenvalue weighted by molar-refractivity contribution is 5.08. The van der Waals surface area contributed by atoms with Gasteiger partial charge in [0.05, 0.1) is 13.4 Å². The van der Waals surface area contributed by atoms with E-state index in [9.17, 15) is 0 Å². The second-order valence-electron chi connectivity index (χ2n) is 4.84. The Labute approximate surface area is 96.8 Å². The number of hydrogen-bond donors (Lipinski definition) is 2. The van der Waals surface area contributed by atoms with E-state index >= 15 is 0 Å². The fraction of sp³-hybridized carbons (Fsp3) is 0.750. The average molecular weight is 223 g/mol. The van der Waals surface area contributed by atoms with Crippen molar-refractivity contribution in [2.45, 2.75) is 38.6 Å². The molecule has 4 atom stereocenters. The summed E-state index contributed by atoms with van der Waals surface area (Å²) in [4.78, 5) is 12.4. The lowest BCUT2D eigenvalue weighted by Crippen LogP contribution is -2.42. The fourth-order valence-corrected chi connectivity index (χ4v) is 2.84. The largest absolute Gasteiger partial charge is 0.348 e. The third kappa shape index (κ3) is 2.13. The highest BCUT2D eigenvalue weighted by Crippen LogP contribution is 2.40. The van der Waals surface area contributed by atoms with Gasteiger partial charge in [0.2, 0.25) is 0 Å². The minimum atomic E-state index is 0.471. The maximum absolute atomic E-state index is 5.06. The molecule has 0 bridgehead atoms. The van der Waals surface area contributed by atoms with Gasteiger partial charge in [-0.15, -0.1) is 0 Å². The van der Waals surface area contributed by atoms with Gasteiger partial charge in [-0.1, -0.05) is 13.8 Å². The van der Waals surface area contributed by atoms with Crippen molar-refractivity contribution in [2.24, 2.45) is 11.8 Å². The lowest BCUT2D eigenvalue weighted by Gasteiger charge is -2.39. The maximum atomic E-state index is 5.06. The van der Waals surface area contributed by atoms with E-state index in [2.05, 4.69) is 29.3 Å². The van der Waals surface area contributed by atoms with Crippen molar-refractivity contribution in [3.8, 4) is 0 Å². The molecule has 0 saturated heterocycles. The minimum absolute atomic E-state index is 0.471. The van der Waals surface area contributed by atoms with Crippen LogP contribution in [0.25, 0.3) is 0 Å². The van der Waals surface area contributed by atoms with Gasteiger partial charge in [0.25, 0.3) is 0 Å². The molecule has 90 valence electrons. The molecule has 1 aromatic heterocycles. The van der Waals surface area contributed by atoms with E-state index in [4.69, 9.17) is 4.84 Å². The predicted molar refractivity (Wildman–Crippen MR) is 62.8 cm³/mol. The van der Waals surface area contributed by atoms with Crippen LogP contribution in [0.4, 0.5) is 0 Å². The minimum Gasteiger partial charge on any atom is -0.348 e. The Morgan fingerprint density at radius 2 is 2.19 bits per heavy atom. The van der Waals surface area contributed by atoms with Crippen molar-refractivity contribution in [3.63, 3.8) is 0 Å². The van der Waals surface area contributed by atoms with Crippen LogP contribution < -0.4 is 5.48 Å². The molecule has 0 spiro atoms. The molecule has 4 unspecified atom stereocenters. The van der Waals surface area contributed by atoms with E-state index in [1.54, 1.807) is 13.4 Å². The topological polar surface area (TPSA) is 49.9 Å². The summed E-state index contributed by atoms with van der Waals surface area (Å²) in [6, 6.07) is 0.471. The van der Waals surface area contributed by atoms with Gasteiger partial charge < -0.3 is 9.82 Å². The van der Waals surface area contributed by atoms with Crippen LogP contribution in [-0.4, -0.2) is 23.1 Å². The lowest BCUT2D eigenvalue weighted by atomic mass is 9.70. The van der Waals surface area contributed by atoms with Crippen LogP contribution >= 0.6 is 0 Å². The molecule has 0 amide bonds. The maximum Gasteiger partial charge on any atom is 0.0921 e. The summed E-state index contributed by atoms with van der Waals surface area (Å²) in [5.41, 5.74) is 4.38. The van der Waals surface area contributed by atoms with Crippen LogP contribution in [0, 0.1) is 11.8 Å². The highest BCUT2D eigenvalue weighted by atomic mass is 16.6. The first-order chi connectivity index (χ1) is 7.74. The molecule has 0 radical (unpaired) electrons. The van der Waals surface area contributed by atoms with Gasteiger partial charge in [-0.05, 0) is 24.7 Å². The highest BCUT2D eigenvalue weighted by Gasteiger charge is 2.35. The fourth-order valence-electron chi connectivity index (χ4n) is 2.84. The quantitative estimate of drug-likeness (QED) is 0.771. The van der Waals surface area contributed by atoms with E-state index in [1.165, 1.54) is 12.1 Å². The first-order valence-electron chi connectivity index (χ1n) is 6.00. The number of aromatic nitrogens is 2. The summed E-state index contributed by atoms with van der Waals surface area (Å²) < 4.78 is 0. The molecular weight excluding hydrogens is 202 g/mol. The van der Waals surface area contributed by atoms with Gasteiger partial charge in [-0.3, -0.25) is 0 Å². The molecule has 1 saturated carbocycles. The van der Waals surface area contributed by atoms with Crippen LogP contribution in [0.1, 0.15) is 38.3 Å². The number of nitrogens with zero attached hydrogens (tertiary/aromatic N) is 1. The first-order valence-corrected chi connectivity index (χ1v) is 6.00. The van der Waals surface area contributed by atoms with E-state index in [0.29, 0.717) is 23.8 Å². The summed E-state index contributed by atoms with van der Waals surface area (Å²) in [5, 5.41) is 0. The molecule has 1 aromatic rings. The third-order valence-electron chi connectivity index (χ3n) is 4.08. The summed E-state index contributed by atoms with van der Waals surface area (Å²) >= 11 is 0. The normalized spacial score (nSPS) is 35.2. The van der Waals surface area contributed by atoms with Gasteiger partial charge in [-0.25, -0.2) is 4.98 Å². The number of hydrogen-bond acceptors (Lipinski definition) is 3. The number of H-pyrrole nitrogens is 1. The van der Waals surface area contributed by atoms with E-state index < -0.39 is 0 Å². The van der Waals surface area contributed by atoms with Gasteiger partial charge in [-0.2, -0.15) is 5.48 Å². The monoisotopic (exact) mass is 223 g/mol. The smallest absolute Gasteiger partial charge is 0.0921 e. The van der Waals surface area contributed by atoms with Gasteiger partial charge in [0, 0.05) is 23.9 Å². The number of rotatable bonds is 3. The summed E-state index contributed by atoms with van der Waals surface area (Å²) in [6.45, 7) is 4.61. The molecule has 0 aromatic carbocycles. The zero-order valence-corrected chi connectivity index (χ0v) is 10.2. The second-order valence-corrected chi connectivity index (χ2v) is 4.84. The van der Waals surface area contributed by atoms with Crippen molar-refractivity contribution >= 4 is 0 Å². The third-order valence-corrected chi connectivity index (χ3v) is 4.08. The molecule has 1 heterocycles. The van der Waals surface area contributed by atoms with Crippen LogP contribution in [0.5, 0.6) is 0 Å². The van der Waals surface area contributed by atoms with Gasteiger partial charge in [0.1, 0.15) is 0 Å². The molecule has 1 aliphatic carbocycles. The van der Waals surface area contributed by atoms with Crippen molar-refractivity contribution in [1.82, 2.24) is 15.4 Å². The van der Waals surface area contributed by atoms with E-state index in [-0.39, 0.29) is 0 Å². The number of aromatic amines is 1. The summed E-state index contributed by atoms with van der Waals surface area (Å²) in [6.07, 6.45) is 6.07. The van der Waals surface area contributed by atoms with Crippen molar-refractivity contribution in [2.75, 3.05) is 7.11 Å². The molecule has 1 aliphatic rings. The van der Waals surface area contributed by atoms with Crippen LogP contribution in [-0.2, 0) is 4.84 Å². The Balaban J connectivity index is 2.05. The van der Waals surface area contributed by atoms with Gasteiger partial charge >= 0.3 is 0 Å². The van der Waals surface area contributed by atoms with Crippen molar-refractivity contribution in [3.05, 3.63) is 18.2 Å². The summed E-state index contributed by atoms with van der Waals surface area (Å²) in [7, 11) is 1.69. The number of hydroxylamine groups is 1. The molecule has 16 heavy (non-hydrogen) atoms. The SMILES string of the molecule is CONC1CCC(c2cnc[nH]2)C(C)C1C. The molecule has 1 fully saturated rings. The van der Waals surface area contributed by atoms with Crippen molar-refractivity contribution < 1.29 is 4.84 Å². The molecule has 0 aliphatic heterocycles. The number of nitrogens with one attached hydrogen (secondary N) is 2. The predicted octanol–water partition coefficient (Wildman–Crippen LogP) is 2.08. The molecule has 2 rings (SSSR count). The Morgan fingerprint density at radius 3 is 2.81 bits per heavy atom.